The van der Waals surface area contributed by atoms with Crippen LogP contribution in [0.3, 0.4) is 0 Å². The Labute approximate surface area is 91.9 Å². The van der Waals surface area contributed by atoms with Crippen molar-refractivity contribution in [2.45, 2.75) is 38.1 Å². The predicted octanol–water partition coefficient (Wildman–Crippen LogP) is 0.539. The third kappa shape index (κ3) is 2.19. The lowest BCUT2D eigenvalue weighted by Crippen LogP contribution is -2.41. The molecule has 2 unspecified atom stereocenters. The van der Waals surface area contributed by atoms with Crippen molar-refractivity contribution < 1.29 is 8.42 Å². The van der Waals surface area contributed by atoms with Gasteiger partial charge in [-0.2, -0.15) is 4.31 Å². The first-order valence-electron chi connectivity index (χ1n) is 5.85. The van der Waals surface area contributed by atoms with Crippen LogP contribution >= 0.6 is 0 Å². The van der Waals surface area contributed by atoms with Gasteiger partial charge in [-0.15, -0.1) is 0 Å². The van der Waals surface area contributed by atoms with Crippen LogP contribution in [0.1, 0.15) is 32.1 Å². The lowest BCUT2D eigenvalue weighted by atomic mass is 9.86. The van der Waals surface area contributed by atoms with Gasteiger partial charge in [-0.05, 0) is 25.2 Å². The number of fused-ring (bicyclic) bond motifs is 1. The topological polar surface area (TPSA) is 63.4 Å². The highest BCUT2D eigenvalue weighted by Crippen LogP contribution is 2.37. The predicted molar refractivity (Wildman–Crippen MR) is 59.9 cm³/mol. The van der Waals surface area contributed by atoms with Gasteiger partial charge in [-0.3, -0.25) is 0 Å². The van der Waals surface area contributed by atoms with Crippen LogP contribution in [0.4, 0.5) is 0 Å². The van der Waals surface area contributed by atoms with E-state index in [1.54, 1.807) is 4.31 Å². The fourth-order valence-electron chi connectivity index (χ4n) is 2.97. The largest absolute Gasteiger partial charge is 0.329 e. The van der Waals surface area contributed by atoms with Crippen LogP contribution in [0.5, 0.6) is 0 Å². The maximum Gasteiger partial charge on any atom is 0.215 e. The van der Waals surface area contributed by atoms with E-state index in [0.717, 1.165) is 19.4 Å². The highest BCUT2D eigenvalue weighted by Gasteiger charge is 2.41. The molecule has 1 aliphatic carbocycles. The van der Waals surface area contributed by atoms with E-state index >= 15 is 0 Å². The third-order valence-electron chi connectivity index (χ3n) is 3.69. The SMILES string of the molecule is NCCS(=O)(=O)N1CCC2CCCCC21. The van der Waals surface area contributed by atoms with Crippen molar-refractivity contribution >= 4 is 10.0 Å². The number of hydrogen-bond acceptors (Lipinski definition) is 3. The Kier molecular flexibility index (Phi) is 3.33. The second kappa shape index (κ2) is 4.39. The molecule has 0 aromatic heterocycles. The summed E-state index contributed by atoms with van der Waals surface area (Å²) in [6, 6.07) is 0.287. The van der Waals surface area contributed by atoms with E-state index in [1.807, 2.05) is 0 Å². The Hall–Kier alpha value is -0.130. The number of rotatable bonds is 3. The van der Waals surface area contributed by atoms with Gasteiger partial charge in [0.15, 0.2) is 0 Å². The fraction of sp³-hybridized carbons (Fsp3) is 1.00. The minimum atomic E-state index is -3.07. The average Bonchev–Trinajstić information content (AvgIpc) is 2.61. The zero-order chi connectivity index (χ0) is 10.9. The summed E-state index contributed by atoms with van der Waals surface area (Å²) in [6.45, 7) is 0.952. The number of nitrogens with zero attached hydrogens (tertiary/aromatic N) is 1. The Morgan fingerprint density at radius 1 is 1.20 bits per heavy atom. The first-order valence-corrected chi connectivity index (χ1v) is 7.45. The molecule has 0 spiro atoms. The Balaban J connectivity index is 2.10. The van der Waals surface area contributed by atoms with Gasteiger partial charge in [-0.25, -0.2) is 8.42 Å². The first-order chi connectivity index (χ1) is 7.15. The summed E-state index contributed by atoms with van der Waals surface area (Å²) < 4.78 is 25.6. The van der Waals surface area contributed by atoms with E-state index in [-0.39, 0.29) is 18.3 Å². The second-order valence-corrected chi connectivity index (χ2v) is 6.66. The molecule has 1 saturated carbocycles. The summed E-state index contributed by atoms with van der Waals surface area (Å²) >= 11 is 0. The fourth-order valence-corrected chi connectivity index (χ4v) is 4.58. The molecular formula is C10H20N2O2S. The molecule has 0 radical (unpaired) electrons. The molecule has 2 rings (SSSR count). The molecule has 0 aromatic rings. The Morgan fingerprint density at radius 2 is 1.93 bits per heavy atom. The molecule has 0 aromatic carbocycles. The minimum absolute atomic E-state index is 0.107. The van der Waals surface area contributed by atoms with Crippen LogP contribution in [0.2, 0.25) is 0 Å². The number of nitrogens with two attached hydrogens (primary N) is 1. The van der Waals surface area contributed by atoms with Crippen molar-refractivity contribution in [2.75, 3.05) is 18.8 Å². The summed E-state index contributed by atoms with van der Waals surface area (Å²) in [6.07, 6.45) is 5.75. The van der Waals surface area contributed by atoms with Gasteiger partial charge >= 0.3 is 0 Å². The van der Waals surface area contributed by atoms with Crippen molar-refractivity contribution in [1.82, 2.24) is 4.31 Å². The molecule has 4 nitrogen and oxygen atoms in total. The highest BCUT2D eigenvalue weighted by molar-refractivity contribution is 7.89. The van der Waals surface area contributed by atoms with Crippen molar-refractivity contribution in [3.8, 4) is 0 Å². The van der Waals surface area contributed by atoms with Crippen molar-refractivity contribution in [3.05, 3.63) is 0 Å². The van der Waals surface area contributed by atoms with Crippen LogP contribution in [-0.4, -0.2) is 37.6 Å². The maximum atomic E-state index is 11.9. The van der Waals surface area contributed by atoms with Gasteiger partial charge < -0.3 is 5.73 Å². The standard InChI is InChI=1S/C10H20N2O2S/c11-6-8-15(13,14)12-7-5-9-3-1-2-4-10(9)12/h9-10H,1-8,11H2. The van der Waals surface area contributed by atoms with Gasteiger partial charge in [-0.1, -0.05) is 12.8 Å². The first kappa shape index (κ1) is 11.4. The molecule has 5 heteroatoms. The molecule has 0 amide bonds. The summed E-state index contributed by atoms with van der Waals surface area (Å²) in [5.74, 6) is 0.724. The van der Waals surface area contributed by atoms with Crippen molar-refractivity contribution in [2.24, 2.45) is 11.7 Å². The molecule has 2 fully saturated rings. The molecule has 88 valence electrons. The number of hydrogen-bond donors (Lipinski definition) is 1. The summed E-state index contributed by atoms with van der Waals surface area (Å²) in [5.41, 5.74) is 5.34. The highest BCUT2D eigenvalue weighted by atomic mass is 32.2. The maximum absolute atomic E-state index is 11.9. The quantitative estimate of drug-likeness (QED) is 0.772. The van der Waals surface area contributed by atoms with Gasteiger partial charge in [0.05, 0.1) is 5.75 Å². The lowest BCUT2D eigenvalue weighted by molar-refractivity contribution is 0.260. The monoisotopic (exact) mass is 232 g/mol. The van der Waals surface area contributed by atoms with Crippen molar-refractivity contribution in [3.63, 3.8) is 0 Å². The van der Waals surface area contributed by atoms with Gasteiger partial charge in [0, 0.05) is 19.1 Å². The van der Waals surface area contributed by atoms with Crippen LogP contribution < -0.4 is 5.73 Å². The van der Waals surface area contributed by atoms with E-state index in [1.165, 1.54) is 19.3 Å². The molecule has 1 aliphatic heterocycles. The summed E-state index contributed by atoms with van der Waals surface area (Å²) in [4.78, 5) is 0. The zero-order valence-electron chi connectivity index (χ0n) is 9.06. The normalized spacial score (nSPS) is 32.9. The summed E-state index contributed by atoms with van der Waals surface area (Å²) in [7, 11) is -3.07. The smallest absolute Gasteiger partial charge is 0.215 e. The van der Waals surface area contributed by atoms with Gasteiger partial charge in [0.25, 0.3) is 0 Å². The van der Waals surface area contributed by atoms with E-state index < -0.39 is 10.0 Å². The van der Waals surface area contributed by atoms with Crippen LogP contribution in [0.15, 0.2) is 0 Å². The molecular weight excluding hydrogens is 212 g/mol. The zero-order valence-corrected chi connectivity index (χ0v) is 9.88. The Morgan fingerprint density at radius 3 is 2.67 bits per heavy atom. The average molecular weight is 232 g/mol. The molecule has 0 bridgehead atoms. The molecule has 1 saturated heterocycles. The van der Waals surface area contributed by atoms with Crippen molar-refractivity contribution in [1.29, 1.82) is 0 Å². The molecule has 2 aliphatic rings. The summed E-state index contributed by atoms with van der Waals surface area (Å²) in [5, 5.41) is 0. The van der Waals surface area contributed by atoms with Gasteiger partial charge in [0.2, 0.25) is 10.0 Å². The third-order valence-corrected chi connectivity index (χ3v) is 5.61. The lowest BCUT2D eigenvalue weighted by Gasteiger charge is -2.30. The van der Waals surface area contributed by atoms with Crippen LogP contribution in [0.25, 0.3) is 0 Å². The Bertz CT molecular complexity index is 315. The molecule has 2 N–H and O–H groups in total. The van der Waals surface area contributed by atoms with Gasteiger partial charge in [0.1, 0.15) is 0 Å². The van der Waals surface area contributed by atoms with E-state index in [0.29, 0.717) is 5.92 Å². The van der Waals surface area contributed by atoms with E-state index in [9.17, 15) is 8.42 Å². The van der Waals surface area contributed by atoms with Crippen LogP contribution in [0, 0.1) is 5.92 Å². The van der Waals surface area contributed by atoms with Crippen LogP contribution in [-0.2, 0) is 10.0 Å². The molecule has 2 atom stereocenters. The minimum Gasteiger partial charge on any atom is -0.329 e. The van der Waals surface area contributed by atoms with E-state index in [4.69, 9.17) is 5.73 Å². The molecule has 15 heavy (non-hydrogen) atoms. The molecule has 1 heterocycles. The number of sulfonamides is 1. The van der Waals surface area contributed by atoms with E-state index in [2.05, 4.69) is 0 Å². The second-order valence-electron chi connectivity index (χ2n) is 4.62.